The largest absolute Gasteiger partial charge is 0.321 e. The van der Waals surface area contributed by atoms with Gasteiger partial charge in [0.2, 0.25) is 0 Å². The van der Waals surface area contributed by atoms with Crippen molar-refractivity contribution in [3.8, 4) is 0 Å². The van der Waals surface area contributed by atoms with Crippen LogP contribution in [0.4, 0.5) is 0 Å². The highest BCUT2D eigenvalue weighted by atomic mass is 31.1. The van der Waals surface area contributed by atoms with E-state index in [1.54, 1.807) is 0 Å². The van der Waals surface area contributed by atoms with E-state index < -0.39 is 7.71 Å². The average Bonchev–Trinajstić information content (AvgIpc) is 1.96. The monoisotopic (exact) mass is 183 g/mol. The van der Waals surface area contributed by atoms with E-state index in [1.165, 1.54) is 11.1 Å². The first-order chi connectivity index (χ1) is 5.59. The minimum Gasteiger partial charge on any atom is -0.321 e. The number of hydrogen-bond acceptors (Lipinski definition) is 1. The van der Waals surface area contributed by atoms with Crippen LogP contribution in [0.15, 0.2) is 23.8 Å². The number of allylic oxidation sites excluding steroid dienone is 3. The fraction of sp³-hybridized carbons (Fsp3) is 0.600. The molecule has 68 valence electrons. The van der Waals surface area contributed by atoms with Crippen molar-refractivity contribution in [3.63, 3.8) is 0 Å². The van der Waals surface area contributed by atoms with Crippen LogP contribution in [0.5, 0.6) is 0 Å². The standard InChI is InChI=1S/C10H18NP/c1-8(2)6-10-7-9(3)4-5-12(10)11/h4,10-12H,1,5-7H2,2-3H3/t10-/m1/s1. The van der Waals surface area contributed by atoms with E-state index in [0.717, 1.165) is 19.0 Å². The average molecular weight is 183 g/mol. The fourth-order valence-electron chi connectivity index (χ4n) is 1.66. The molecule has 0 fully saturated rings. The summed E-state index contributed by atoms with van der Waals surface area (Å²) in [5.41, 5.74) is 3.34. The van der Waals surface area contributed by atoms with Gasteiger partial charge in [-0.05, 0) is 46.2 Å². The molecule has 1 aliphatic heterocycles. The van der Waals surface area contributed by atoms with E-state index in [0.29, 0.717) is 5.66 Å². The highest BCUT2D eigenvalue weighted by molar-refractivity contribution is 7.47. The summed E-state index contributed by atoms with van der Waals surface area (Å²) in [4.78, 5) is 0. The molecule has 0 aromatic heterocycles. The highest BCUT2D eigenvalue weighted by Crippen LogP contribution is 2.40. The SMILES string of the molecule is C=C(C)C[C@@H]1CC(C)=CC[PH]1=N. The minimum atomic E-state index is -0.846. The molecule has 0 saturated heterocycles. The maximum Gasteiger partial charge on any atom is -0.00108 e. The molecule has 0 aromatic carbocycles. The Kier molecular flexibility index (Phi) is 3.34. The Hall–Kier alpha value is -0.290. The second-order valence-corrected chi connectivity index (χ2v) is 6.12. The van der Waals surface area contributed by atoms with Crippen LogP contribution in [0.3, 0.4) is 0 Å². The predicted octanol–water partition coefficient (Wildman–Crippen LogP) is 3.65. The number of rotatable bonds is 2. The summed E-state index contributed by atoms with van der Waals surface area (Å²) in [6.07, 6.45) is 5.50. The Morgan fingerprint density at radius 2 is 2.50 bits per heavy atom. The predicted molar refractivity (Wildman–Crippen MR) is 57.5 cm³/mol. The van der Waals surface area contributed by atoms with Crippen molar-refractivity contribution in [1.29, 1.82) is 5.16 Å². The van der Waals surface area contributed by atoms with Crippen molar-refractivity contribution in [1.82, 2.24) is 0 Å². The molecular formula is C10H18NP. The lowest BCUT2D eigenvalue weighted by atomic mass is 10.1. The van der Waals surface area contributed by atoms with E-state index in [2.05, 4.69) is 26.5 Å². The van der Waals surface area contributed by atoms with Crippen LogP contribution in [0.2, 0.25) is 0 Å². The van der Waals surface area contributed by atoms with E-state index in [4.69, 9.17) is 5.16 Å². The van der Waals surface area contributed by atoms with Crippen LogP contribution in [-0.4, -0.2) is 11.8 Å². The third-order valence-electron chi connectivity index (χ3n) is 2.33. The van der Waals surface area contributed by atoms with Crippen molar-refractivity contribution >= 4 is 7.71 Å². The van der Waals surface area contributed by atoms with Crippen LogP contribution < -0.4 is 0 Å². The molecule has 0 spiro atoms. The Morgan fingerprint density at radius 1 is 1.83 bits per heavy atom. The van der Waals surface area contributed by atoms with E-state index in [9.17, 15) is 0 Å². The normalized spacial score (nSPS) is 29.7. The lowest BCUT2D eigenvalue weighted by Crippen LogP contribution is -2.08. The zero-order valence-electron chi connectivity index (χ0n) is 7.98. The van der Waals surface area contributed by atoms with Crippen molar-refractivity contribution in [3.05, 3.63) is 23.8 Å². The molecule has 1 heterocycles. The van der Waals surface area contributed by atoms with Gasteiger partial charge in [0, 0.05) is 0 Å². The Bertz CT molecular complexity index is 240. The van der Waals surface area contributed by atoms with Crippen LogP contribution >= 0.6 is 7.71 Å². The molecule has 0 aromatic rings. The van der Waals surface area contributed by atoms with Gasteiger partial charge in [0.05, 0.1) is 0 Å². The summed E-state index contributed by atoms with van der Waals surface area (Å²) >= 11 is 0. The molecule has 2 heteroatoms. The van der Waals surface area contributed by atoms with Gasteiger partial charge in [-0.1, -0.05) is 17.2 Å². The summed E-state index contributed by atoms with van der Waals surface area (Å²) in [5.74, 6) is 0. The zero-order chi connectivity index (χ0) is 9.14. The molecule has 1 N–H and O–H groups in total. The molecule has 1 aliphatic rings. The Labute approximate surface area is 75.8 Å². The van der Waals surface area contributed by atoms with Crippen molar-refractivity contribution in [2.75, 3.05) is 6.16 Å². The summed E-state index contributed by atoms with van der Waals surface area (Å²) in [5, 5.41) is 7.93. The van der Waals surface area contributed by atoms with E-state index in [1.807, 2.05) is 0 Å². The van der Waals surface area contributed by atoms with Crippen LogP contribution in [0.1, 0.15) is 26.7 Å². The van der Waals surface area contributed by atoms with Crippen LogP contribution in [0, 0.1) is 5.16 Å². The third kappa shape index (κ3) is 2.64. The lowest BCUT2D eigenvalue weighted by Gasteiger charge is -2.23. The van der Waals surface area contributed by atoms with Crippen molar-refractivity contribution < 1.29 is 0 Å². The second kappa shape index (κ2) is 4.09. The van der Waals surface area contributed by atoms with Gasteiger partial charge in [0.25, 0.3) is 0 Å². The first-order valence-electron chi connectivity index (χ1n) is 4.47. The van der Waals surface area contributed by atoms with Gasteiger partial charge < -0.3 is 5.16 Å². The van der Waals surface area contributed by atoms with Gasteiger partial charge in [-0.2, -0.15) is 0 Å². The Morgan fingerprint density at radius 3 is 3.08 bits per heavy atom. The number of hydrogen-bond donors (Lipinski definition) is 1. The van der Waals surface area contributed by atoms with E-state index in [-0.39, 0.29) is 0 Å². The molecule has 0 saturated carbocycles. The molecule has 0 aliphatic carbocycles. The van der Waals surface area contributed by atoms with Crippen molar-refractivity contribution in [2.24, 2.45) is 0 Å². The van der Waals surface area contributed by atoms with E-state index >= 15 is 0 Å². The smallest absolute Gasteiger partial charge is 0.00108 e. The summed E-state index contributed by atoms with van der Waals surface area (Å²) in [6, 6.07) is 0. The fourth-order valence-corrected chi connectivity index (χ4v) is 3.73. The van der Waals surface area contributed by atoms with Gasteiger partial charge in [-0.25, -0.2) is 0 Å². The molecule has 0 radical (unpaired) electrons. The minimum absolute atomic E-state index is 0.623. The van der Waals surface area contributed by atoms with Gasteiger partial charge in [-0.3, -0.25) is 0 Å². The quantitative estimate of drug-likeness (QED) is 0.499. The van der Waals surface area contributed by atoms with Gasteiger partial charge >= 0.3 is 0 Å². The van der Waals surface area contributed by atoms with Crippen molar-refractivity contribution in [2.45, 2.75) is 32.3 Å². The van der Waals surface area contributed by atoms with Crippen LogP contribution in [-0.2, 0) is 0 Å². The molecule has 0 bridgehead atoms. The summed E-state index contributed by atoms with van der Waals surface area (Å²) < 4.78 is 0. The molecule has 1 unspecified atom stereocenters. The summed E-state index contributed by atoms with van der Waals surface area (Å²) in [6.45, 7) is 8.17. The summed E-state index contributed by atoms with van der Waals surface area (Å²) in [7, 11) is -0.846. The topological polar surface area (TPSA) is 23.9 Å². The zero-order valence-corrected chi connectivity index (χ0v) is 8.98. The van der Waals surface area contributed by atoms with Gasteiger partial charge in [-0.15, -0.1) is 6.58 Å². The van der Waals surface area contributed by atoms with Gasteiger partial charge in [0.15, 0.2) is 0 Å². The molecule has 1 rings (SSSR count). The molecule has 0 amide bonds. The highest BCUT2D eigenvalue weighted by Gasteiger charge is 2.16. The number of nitrogens with one attached hydrogen (secondary N) is 1. The second-order valence-electron chi connectivity index (χ2n) is 3.84. The van der Waals surface area contributed by atoms with Crippen LogP contribution in [0.25, 0.3) is 0 Å². The Balaban J connectivity index is 2.60. The molecular weight excluding hydrogens is 165 g/mol. The first kappa shape index (κ1) is 9.80. The molecule has 12 heavy (non-hydrogen) atoms. The van der Waals surface area contributed by atoms with Gasteiger partial charge in [0.1, 0.15) is 0 Å². The lowest BCUT2D eigenvalue weighted by molar-refractivity contribution is 0.803. The first-order valence-corrected chi connectivity index (χ1v) is 6.25. The molecule has 2 atom stereocenters. The maximum absolute atomic E-state index is 7.93. The maximum atomic E-state index is 7.93. The molecule has 1 nitrogen and oxygen atoms in total. The third-order valence-corrected chi connectivity index (χ3v) is 4.36.